The maximum absolute atomic E-state index is 12.2. The average Bonchev–Trinajstić information content (AvgIpc) is 3.20. The zero-order chi connectivity index (χ0) is 15.6. The van der Waals surface area contributed by atoms with Crippen LogP contribution < -0.4 is 5.32 Å². The fourth-order valence-corrected chi connectivity index (χ4v) is 4.29. The van der Waals surface area contributed by atoms with Crippen molar-refractivity contribution in [2.24, 2.45) is 0 Å². The zero-order valence-electron chi connectivity index (χ0n) is 13.8. The third-order valence-corrected chi connectivity index (χ3v) is 5.83. The molecule has 6 nitrogen and oxygen atoms in total. The summed E-state index contributed by atoms with van der Waals surface area (Å²) >= 11 is 0. The van der Waals surface area contributed by atoms with Gasteiger partial charge in [-0.3, -0.25) is 14.4 Å². The highest BCUT2D eigenvalue weighted by atomic mass is 16.2. The van der Waals surface area contributed by atoms with E-state index < -0.39 is 0 Å². The fraction of sp³-hybridized carbons (Fsp3) is 0.824. The van der Waals surface area contributed by atoms with Crippen molar-refractivity contribution < 1.29 is 4.79 Å². The molecule has 0 radical (unpaired) electrons. The maximum Gasteiger partial charge on any atom is 0.273 e. The Kier molecular flexibility index (Phi) is 4.33. The van der Waals surface area contributed by atoms with Crippen LogP contribution in [0, 0.1) is 0 Å². The van der Waals surface area contributed by atoms with Crippen LogP contribution in [0.2, 0.25) is 0 Å². The van der Waals surface area contributed by atoms with Gasteiger partial charge in [0.25, 0.3) is 5.91 Å². The van der Waals surface area contributed by atoms with E-state index in [0.717, 1.165) is 25.4 Å². The number of rotatable bonds is 5. The van der Waals surface area contributed by atoms with Gasteiger partial charge >= 0.3 is 0 Å². The number of likely N-dealkylation sites (tertiary alicyclic amines) is 1. The number of nitrogens with zero attached hydrogens (tertiary/aromatic N) is 4. The molecule has 2 aliphatic carbocycles. The number of carbonyl (C=O) groups excluding carboxylic acids is 1. The van der Waals surface area contributed by atoms with Crippen LogP contribution in [0.5, 0.6) is 0 Å². The molecule has 1 aromatic heterocycles. The van der Waals surface area contributed by atoms with Gasteiger partial charge in [-0.15, -0.1) is 5.10 Å². The van der Waals surface area contributed by atoms with E-state index in [1.807, 2.05) is 10.9 Å². The first kappa shape index (κ1) is 15.1. The van der Waals surface area contributed by atoms with Crippen LogP contribution in [-0.2, 0) is 6.54 Å². The van der Waals surface area contributed by atoms with Crippen LogP contribution in [0.3, 0.4) is 0 Å². The monoisotopic (exact) mass is 317 g/mol. The van der Waals surface area contributed by atoms with E-state index in [0.29, 0.717) is 17.8 Å². The highest BCUT2D eigenvalue weighted by molar-refractivity contribution is 5.92. The number of nitrogens with one attached hydrogen (secondary N) is 1. The number of aromatic nitrogens is 3. The van der Waals surface area contributed by atoms with Crippen LogP contribution in [0.15, 0.2) is 6.20 Å². The van der Waals surface area contributed by atoms with E-state index in [1.54, 1.807) is 0 Å². The number of hydrogen-bond donors (Lipinski definition) is 1. The molecular formula is C17H27N5O. The molecule has 1 saturated heterocycles. The van der Waals surface area contributed by atoms with Crippen LogP contribution >= 0.6 is 0 Å². The van der Waals surface area contributed by atoms with Gasteiger partial charge < -0.3 is 5.32 Å². The van der Waals surface area contributed by atoms with Gasteiger partial charge in [0.15, 0.2) is 5.69 Å². The molecule has 1 N–H and O–H groups in total. The highest BCUT2D eigenvalue weighted by Gasteiger charge is 2.34. The van der Waals surface area contributed by atoms with Crippen LogP contribution in [-0.4, -0.2) is 50.5 Å². The normalized spacial score (nSPS) is 26.5. The van der Waals surface area contributed by atoms with Gasteiger partial charge in [0.05, 0.1) is 12.7 Å². The predicted molar refractivity (Wildman–Crippen MR) is 87.1 cm³/mol. The predicted octanol–water partition coefficient (Wildman–Crippen LogP) is 1.97. The third-order valence-electron chi connectivity index (χ3n) is 5.83. The molecule has 0 spiro atoms. The van der Waals surface area contributed by atoms with Gasteiger partial charge in [0.2, 0.25) is 0 Å². The molecule has 4 rings (SSSR count). The lowest BCUT2D eigenvalue weighted by molar-refractivity contribution is 0.0932. The summed E-state index contributed by atoms with van der Waals surface area (Å²) in [7, 11) is 0. The van der Waals surface area contributed by atoms with Gasteiger partial charge in [-0.25, -0.2) is 0 Å². The van der Waals surface area contributed by atoms with Crippen molar-refractivity contribution >= 4 is 5.91 Å². The Balaban J connectivity index is 1.34. The lowest BCUT2D eigenvalue weighted by Gasteiger charge is -2.38. The van der Waals surface area contributed by atoms with E-state index in [4.69, 9.17) is 0 Å². The largest absolute Gasteiger partial charge is 0.348 e. The lowest BCUT2D eigenvalue weighted by atomic mass is 9.91. The van der Waals surface area contributed by atoms with Crippen molar-refractivity contribution in [3.05, 3.63) is 11.9 Å². The molecule has 1 aromatic rings. The number of amides is 1. The summed E-state index contributed by atoms with van der Waals surface area (Å²) in [6.07, 6.45) is 13.0. The molecule has 1 atom stereocenters. The number of carbonyl (C=O) groups is 1. The summed E-state index contributed by atoms with van der Waals surface area (Å²) in [6, 6.07) is 1.68. The molecule has 2 heterocycles. The molecule has 3 aliphatic rings. The summed E-state index contributed by atoms with van der Waals surface area (Å²) in [5.41, 5.74) is 0.463. The lowest BCUT2D eigenvalue weighted by Crippen LogP contribution is -2.44. The van der Waals surface area contributed by atoms with Crippen LogP contribution in [0.25, 0.3) is 0 Å². The van der Waals surface area contributed by atoms with Crippen molar-refractivity contribution in [1.82, 2.24) is 25.2 Å². The molecule has 1 aliphatic heterocycles. The Morgan fingerprint density at radius 2 is 1.96 bits per heavy atom. The van der Waals surface area contributed by atoms with Crippen LogP contribution in [0.1, 0.15) is 68.3 Å². The topological polar surface area (TPSA) is 63.1 Å². The minimum Gasteiger partial charge on any atom is -0.348 e. The smallest absolute Gasteiger partial charge is 0.273 e. The minimum absolute atomic E-state index is 0.0644. The first-order valence-electron chi connectivity index (χ1n) is 9.26. The van der Waals surface area contributed by atoms with E-state index in [1.165, 1.54) is 51.5 Å². The molecule has 23 heavy (non-hydrogen) atoms. The Labute approximate surface area is 137 Å². The Hall–Kier alpha value is -1.43. The van der Waals surface area contributed by atoms with Crippen molar-refractivity contribution in [2.75, 3.05) is 6.54 Å². The van der Waals surface area contributed by atoms with E-state index in [9.17, 15) is 4.79 Å². The quantitative estimate of drug-likeness (QED) is 0.902. The molecule has 0 unspecified atom stereocenters. The second-order valence-electron chi connectivity index (χ2n) is 7.40. The Morgan fingerprint density at radius 3 is 2.70 bits per heavy atom. The van der Waals surface area contributed by atoms with Crippen molar-refractivity contribution in [1.29, 1.82) is 0 Å². The van der Waals surface area contributed by atoms with Gasteiger partial charge in [-0.2, -0.15) is 0 Å². The second kappa shape index (κ2) is 6.59. The fourth-order valence-electron chi connectivity index (χ4n) is 4.29. The standard InChI is InChI=1S/C17H27N5O/c23-17(18-13-5-1-2-6-13)16-12-21(20-19-16)11-15-9-4-10-22(15)14-7-3-8-14/h12-15H,1-11H2,(H,18,23)/t15-/m0/s1. The van der Waals surface area contributed by atoms with Crippen molar-refractivity contribution in [3.63, 3.8) is 0 Å². The molecule has 1 amide bonds. The van der Waals surface area contributed by atoms with Crippen LogP contribution in [0.4, 0.5) is 0 Å². The summed E-state index contributed by atoms with van der Waals surface area (Å²) < 4.78 is 1.87. The first-order valence-corrected chi connectivity index (χ1v) is 9.26. The number of hydrogen-bond acceptors (Lipinski definition) is 4. The minimum atomic E-state index is -0.0644. The molecule has 0 bridgehead atoms. The molecular weight excluding hydrogens is 290 g/mol. The van der Waals surface area contributed by atoms with E-state index >= 15 is 0 Å². The SMILES string of the molecule is O=C(NC1CCCC1)c1cn(C[C@@H]2CCCN2C2CCC2)nn1. The summed E-state index contributed by atoms with van der Waals surface area (Å²) in [4.78, 5) is 14.9. The molecule has 3 fully saturated rings. The van der Waals surface area contributed by atoms with Gasteiger partial charge in [0, 0.05) is 18.1 Å². The van der Waals surface area contributed by atoms with Crippen molar-refractivity contribution in [3.8, 4) is 0 Å². The van der Waals surface area contributed by atoms with Crippen molar-refractivity contribution in [2.45, 2.75) is 82.5 Å². The van der Waals surface area contributed by atoms with Gasteiger partial charge in [0.1, 0.15) is 0 Å². The highest BCUT2D eigenvalue weighted by Crippen LogP contribution is 2.31. The molecule has 126 valence electrons. The molecule has 6 heteroatoms. The summed E-state index contributed by atoms with van der Waals surface area (Å²) in [5, 5.41) is 11.4. The summed E-state index contributed by atoms with van der Waals surface area (Å²) in [6.45, 7) is 2.08. The average molecular weight is 317 g/mol. The molecule has 0 aromatic carbocycles. The van der Waals surface area contributed by atoms with E-state index in [-0.39, 0.29) is 5.91 Å². The Bertz CT molecular complexity index is 547. The maximum atomic E-state index is 12.2. The summed E-state index contributed by atoms with van der Waals surface area (Å²) in [5.74, 6) is -0.0644. The second-order valence-corrected chi connectivity index (χ2v) is 7.40. The zero-order valence-corrected chi connectivity index (χ0v) is 13.8. The van der Waals surface area contributed by atoms with E-state index in [2.05, 4.69) is 20.5 Å². The Morgan fingerprint density at radius 1 is 1.13 bits per heavy atom. The third kappa shape index (κ3) is 3.27. The first-order chi connectivity index (χ1) is 11.3. The molecule has 2 saturated carbocycles. The van der Waals surface area contributed by atoms with Gasteiger partial charge in [-0.1, -0.05) is 24.5 Å². The van der Waals surface area contributed by atoms with Gasteiger partial charge in [-0.05, 0) is 45.1 Å².